The summed E-state index contributed by atoms with van der Waals surface area (Å²) in [6.07, 6.45) is 0. The molecule has 2 amide bonds. The largest absolute Gasteiger partial charge is 0.352 e. The van der Waals surface area contributed by atoms with Crippen LogP contribution in [0, 0.1) is 0 Å². The molecule has 0 saturated heterocycles. The number of carbonyl (C=O) groups excluding carboxylic acids is 1. The van der Waals surface area contributed by atoms with Gasteiger partial charge in [0, 0.05) is 6.54 Å². The van der Waals surface area contributed by atoms with Crippen molar-refractivity contribution in [3.05, 3.63) is 33.8 Å². The zero-order chi connectivity index (χ0) is 9.84. The van der Waals surface area contributed by atoms with Gasteiger partial charge < -0.3 is 11.1 Å². The number of hydrogen-bond donors (Lipinski definition) is 2. The van der Waals surface area contributed by atoms with Gasteiger partial charge in [0.15, 0.2) is 0 Å². The van der Waals surface area contributed by atoms with Crippen molar-refractivity contribution in [3.8, 4) is 0 Å². The molecule has 1 aromatic carbocycles. The lowest BCUT2D eigenvalue weighted by atomic mass is 10.2. The fourth-order valence-corrected chi connectivity index (χ4v) is 1.16. The van der Waals surface area contributed by atoms with Crippen molar-refractivity contribution in [1.82, 2.24) is 5.32 Å². The number of nitrogens with two attached hydrogens (primary N) is 1. The van der Waals surface area contributed by atoms with Crippen LogP contribution in [-0.4, -0.2) is 6.03 Å². The molecule has 0 aliphatic carbocycles. The Morgan fingerprint density at radius 2 is 2.08 bits per heavy atom. The molecule has 1 aromatic rings. The molecule has 3 nitrogen and oxygen atoms in total. The topological polar surface area (TPSA) is 55.1 Å². The molecule has 0 atom stereocenters. The van der Waals surface area contributed by atoms with Crippen LogP contribution in [0.15, 0.2) is 18.2 Å². The number of primary amides is 1. The lowest BCUT2D eigenvalue weighted by Crippen LogP contribution is -2.28. The molecule has 0 spiro atoms. The third kappa shape index (κ3) is 3.13. The molecule has 0 unspecified atom stereocenters. The van der Waals surface area contributed by atoms with Gasteiger partial charge in [-0.05, 0) is 17.7 Å². The predicted molar refractivity (Wildman–Crippen MR) is 52.9 cm³/mol. The van der Waals surface area contributed by atoms with E-state index in [0.29, 0.717) is 16.6 Å². The summed E-state index contributed by atoms with van der Waals surface area (Å²) in [6, 6.07) is 4.55. The number of halogens is 2. The molecule has 0 aromatic heterocycles. The molecular weight excluding hydrogens is 211 g/mol. The molecule has 13 heavy (non-hydrogen) atoms. The number of benzene rings is 1. The first-order chi connectivity index (χ1) is 6.09. The van der Waals surface area contributed by atoms with E-state index in [1.807, 2.05) is 0 Å². The van der Waals surface area contributed by atoms with Gasteiger partial charge in [0.05, 0.1) is 10.0 Å². The van der Waals surface area contributed by atoms with Crippen LogP contribution in [0.1, 0.15) is 5.56 Å². The molecule has 0 radical (unpaired) electrons. The highest BCUT2D eigenvalue weighted by Gasteiger charge is 1.99. The molecule has 0 heterocycles. The third-order valence-electron chi connectivity index (χ3n) is 1.45. The van der Waals surface area contributed by atoms with E-state index in [1.165, 1.54) is 0 Å². The standard InChI is InChI=1S/C8H8Cl2N2O/c9-6-2-1-5(3-7(6)10)4-12-8(11)13/h1-3H,4H2,(H3,11,12,13). The highest BCUT2D eigenvalue weighted by atomic mass is 35.5. The van der Waals surface area contributed by atoms with Crippen molar-refractivity contribution in [2.75, 3.05) is 0 Å². The average Bonchev–Trinajstić information content (AvgIpc) is 2.07. The van der Waals surface area contributed by atoms with Gasteiger partial charge in [-0.2, -0.15) is 0 Å². The monoisotopic (exact) mass is 218 g/mol. The maximum absolute atomic E-state index is 10.4. The van der Waals surface area contributed by atoms with Gasteiger partial charge in [-0.3, -0.25) is 0 Å². The number of amides is 2. The Balaban J connectivity index is 2.68. The maximum atomic E-state index is 10.4. The van der Waals surface area contributed by atoms with Crippen LogP contribution in [0.25, 0.3) is 0 Å². The van der Waals surface area contributed by atoms with Gasteiger partial charge in [0.1, 0.15) is 0 Å². The van der Waals surface area contributed by atoms with E-state index in [1.54, 1.807) is 18.2 Å². The lowest BCUT2D eigenvalue weighted by molar-refractivity contribution is 0.248. The van der Waals surface area contributed by atoms with E-state index in [2.05, 4.69) is 5.32 Å². The second-order valence-electron chi connectivity index (χ2n) is 2.47. The van der Waals surface area contributed by atoms with Gasteiger partial charge in [0.25, 0.3) is 0 Å². The van der Waals surface area contributed by atoms with Crippen LogP contribution in [-0.2, 0) is 6.54 Å². The molecular formula is C8H8Cl2N2O. The van der Waals surface area contributed by atoms with Crippen LogP contribution < -0.4 is 11.1 Å². The summed E-state index contributed by atoms with van der Waals surface area (Å²) >= 11 is 11.5. The fourth-order valence-electron chi connectivity index (χ4n) is 0.839. The molecule has 0 bridgehead atoms. The number of nitrogens with one attached hydrogen (secondary N) is 1. The maximum Gasteiger partial charge on any atom is 0.312 e. The molecule has 0 aliphatic heterocycles. The Bertz CT molecular complexity index is 328. The highest BCUT2D eigenvalue weighted by molar-refractivity contribution is 6.42. The van der Waals surface area contributed by atoms with Crippen LogP contribution in [0.3, 0.4) is 0 Å². The summed E-state index contributed by atoms with van der Waals surface area (Å²) in [5.74, 6) is 0. The Hall–Kier alpha value is -0.930. The number of urea groups is 1. The van der Waals surface area contributed by atoms with Crippen LogP contribution in [0.5, 0.6) is 0 Å². The molecule has 70 valence electrons. The first-order valence-electron chi connectivity index (χ1n) is 3.57. The summed E-state index contributed by atoms with van der Waals surface area (Å²) < 4.78 is 0. The Labute approximate surface area is 85.8 Å². The lowest BCUT2D eigenvalue weighted by Gasteiger charge is -2.03. The summed E-state index contributed by atoms with van der Waals surface area (Å²) in [5.41, 5.74) is 5.75. The van der Waals surface area contributed by atoms with Crippen molar-refractivity contribution in [3.63, 3.8) is 0 Å². The fraction of sp³-hybridized carbons (Fsp3) is 0.125. The molecule has 0 saturated carbocycles. The van der Waals surface area contributed by atoms with Crippen LogP contribution >= 0.6 is 23.2 Å². The normalized spacial score (nSPS) is 9.69. The van der Waals surface area contributed by atoms with Gasteiger partial charge in [-0.15, -0.1) is 0 Å². The summed E-state index contributed by atoms with van der Waals surface area (Å²) in [7, 11) is 0. The number of carbonyl (C=O) groups is 1. The van der Waals surface area contributed by atoms with E-state index < -0.39 is 6.03 Å². The van der Waals surface area contributed by atoms with Gasteiger partial charge in [-0.25, -0.2) is 4.79 Å². The zero-order valence-electron chi connectivity index (χ0n) is 6.68. The summed E-state index contributed by atoms with van der Waals surface area (Å²) in [6.45, 7) is 0.353. The smallest absolute Gasteiger partial charge is 0.312 e. The zero-order valence-corrected chi connectivity index (χ0v) is 8.19. The molecule has 5 heteroatoms. The van der Waals surface area contributed by atoms with E-state index in [0.717, 1.165) is 5.56 Å². The van der Waals surface area contributed by atoms with Gasteiger partial charge in [-0.1, -0.05) is 29.3 Å². The number of hydrogen-bond acceptors (Lipinski definition) is 1. The summed E-state index contributed by atoms with van der Waals surface area (Å²) in [5, 5.41) is 3.40. The van der Waals surface area contributed by atoms with Crippen LogP contribution in [0.2, 0.25) is 10.0 Å². The van der Waals surface area contributed by atoms with Crippen molar-refractivity contribution in [2.24, 2.45) is 5.73 Å². The molecule has 3 N–H and O–H groups in total. The molecule has 0 fully saturated rings. The Morgan fingerprint density at radius 3 is 2.62 bits per heavy atom. The SMILES string of the molecule is NC(=O)NCc1ccc(Cl)c(Cl)c1. The van der Waals surface area contributed by atoms with Crippen LogP contribution in [0.4, 0.5) is 4.79 Å². The van der Waals surface area contributed by atoms with Crippen molar-refractivity contribution < 1.29 is 4.79 Å². The molecule has 1 rings (SSSR count). The quantitative estimate of drug-likeness (QED) is 0.786. The van der Waals surface area contributed by atoms with Gasteiger partial charge in [0.2, 0.25) is 0 Å². The first kappa shape index (κ1) is 10.2. The van der Waals surface area contributed by atoms with Crippen molar-refractivity contribution in [2.45, 2.75) is 6.54 Å². The van der Waals surface area contributed by atoms with Crippen molar-refractivity contribution >= 4 is 29.2 Å². The van der Waals surface area contributed by atoms with E-state index in [-0.39, 0.29) is 0 Å². The number of rotatable bonds is 2. The molecule has 0 aliphatic rings. The minimum Gasteiger partial charge on any atom is -0.352 e. The average molecular weight is 219 g/mol. The highest BCUT2D eigenvalue weighted by Crippen LogP contribution is 2.22. The Morgan fingerprint density at radius 1 is 1.38 bits per heavy atom. The van der Waals surface area contributed by atoms with E-state index in [9.17, 15) is 4.79 Å². The first-order valence-corrected chi connectivity index (χ1v) is 4.32. The second-order valence-corrected chi connectivity index (χ2v) is 3.28. The second kappa shape index (κ2) is 4.35. The summed E-state index contributed by atoms with van der Waals surface area (Å²) in [4.78, 5) is 10.4. The van der Waals surface area contributed by atoms with E-state index >= 15 is 0 Å². The van der Waals surface area contributed by atoms with Gasteiger partial charge >= 0.3 is 6.03 Å². The minimum atomic E-state index is -0.564. The van der Waals surface area contributed by atoms with E-state index in [4.69, 9.17) is 28.9 Å². The third-order valence-corrected chi connectivity index (χ3v) is 2.19. The Kier molecular flexibility index (Phi) is 3.39. The van der Waals surface area contributed by atoms with Crippen molar-refractivity contribution in [1.29, 1.82) is 0 Å². The predicted octanol–water partition coefficient (Wildman–Crippen LogP) is 2.16. The minimum absolute atomic E-state index is 0.353.